The number of nitrogens with zero attached hydrogens (tertiary/aromatic N) is 1. The summed E-state index contributed by atoms with van der Waals surface area (Å²) >= 11 is 0. The smallest absolute Gasteiger partial charge is 0.0914 e. The van der Waals surface area contributed by atoms with Gasteiger partial charge in [-0.15, -0.1) is 0 Å². The normalized spacial score (nSPS) is 14.1. The number of aryl methyl sites for hydroxylation is 1. The molecule has 0 aliphatic carbocycles. The minimum Gasteiger partial charge on any atom is -0.387 e. The number of aromatic nitrogens is 1. The first kappa shape index (κ1) is 13.7. The summed E-state index contributed by atoms with van der Waals surface area (Å²) in [6, 6.07) is 12.1. The van der Waals surface area contributed by atoms with Crippen molar-refractivity contribution in [1.82, 2.24) is 10.3 Å². The van der Waals surface area contributed by atoms with Crippen molar-refractivity contribution in [2.75, 3.05) is 6.54 Å². The molecular formula is C16H20N2O. The van der Waals surface area contributed by atoms with Crippen LogP contribution in [0.2, 0.25) is 0 Å². The van der Waals surface area contributed by atoms with E-state index in [4.69, 9.17) is 0 Å². The van der Waals surface area contributed by atoms with Crippen LogP contribution in [0, 0.1) is 6.92 Å². The zero-order valence-corrected chi connectivity index (χ0v) is 11.4. The lowest BCUT2D eigenvalue weighted by Crippen LogP contribution is -2.24. The fraction of sp³-hybridized carbons (Fsp3) is 0.312. The third kappa shape index (κ3) is 3.88. The second-order valence-electron chi connectivity index (χ2n) is 4.84. The SMILES string of the molecule is Cc1ccc(C(O)CNC(C)c2ccncc2)cc1. The predicted octanol–water partition coefficient (Wildman–Crippen LogP) is 2.77. The molecule has 1 aromatic carbocycles. The van der Waals surface area contributed by atoms with E-state index < -0.39 is 6.10 Å². The zero-order valence-electron chi connectivity index (χ0n) is 11.4. The number of pyridine rings is 1. The third-order valence-electron chi connectivity index (χ3n) is 3.29. The van der Waals surface area contributed by atoms with Gasteiger partial charge in [0.15, 0.2) is 0 Å². The summed E-state index contributed by atoms with van der Waals surface area (Å²) in [5.41, 5.74) is 3.32. The molecule has 0 aliphatic rings. The Labute approximate surface area is 114 Å². The largest absolute Gasteiger partial charge is 0.387 e. The maximum absolute atomic E-state index is 10.1. The molecule has 0 spiro atoms. The van der Waals surface area contributed by atoms with Crippen molar-refractivity contribution in [3.8, 4) is 0 Å². The Hall–Kier alpha value is -1.71. The van der Waals surface area contributed by atoms with Gasteiger partial charge in [0, 0.05) is 25.0 Å². The molecule has 2 rings (SSSR count). The van der Waals surface area contributed by atoms with Gasteiger partial charge in [-0.05, 0) is 37.1 Å². The third-order valence-corrected chi connectivity index (χ3v) is 3.29. The van der Waals surface area contributed by atoms with Gasteiger partial charge in [0.1, 0.15) is 0 Å². The highest BCUT2D eigenvalue weighted by Gasteiger charge is 2.10. The van der Waals surface area contributed by atoms with Gasteiger partial charge >= 0.3 is 0 Å². The monoisotopic (exact) mass is 256 g/mol. The summed E-state index contributed by atoms with van der Waals surface area (Å²) in [5, 5.41) is 13.5. The molecular weight excluding hydrogens is 236 g/mol. The molecule has 0 bridgehead atoms. The first-order valence-corrected chi connectivity index (χ1v) is 6.55. The topological polar surface area (TPSA) is 45.1 Å². The number of aliphatic hydroxyl groups excluding tert-OH is 1. The Bertz CT molecular complexity index is 496. The Kier molecular flexibility index (Phi) is 4.66. The predicted molar refractivity (Wildman–Crippen MR) is 76.8 cm³/mol. The van der Waals surface area contributed by atoms with Crippen LogP contribution in [0.3, 0.4) is 0 Å². The minimum atomic E-state index is -0.482. The van der Waals surface area contributed by atoms with Crippen molar-refractivity contribution in [1.29, 1.82) is 0 Å². The molecule has 0 aliphatic heterocycles. The van der Waals surface area contributed by atoms with Crippen LogP contribution in [0.1, 0.15) is 35.8 Å². The van der Waals surface area contributed by atoms with E-state index in [1.54, 1.807) is 12.4 Å². The van der Waals surface area contributed by atoms with E-state index in [9.17, 15) is 5.11 Å². The lowest BCUT2D eigenvalue weighted by molar-refractivity contribution is 0.171. The lowest BCUT2D eigenvalue weighted by Gasteiger charge is -2.17. The van der Waals surface area contributed by atoms with E-state index in [1.807, 2.05) is 43.3 Å². The van der Waals surface area contributed by atoms with Gasteiger partial charge in [-0.25, -0.2) is 0 Å². The second-order valence-corrected chi connectivity index (χ2v) is 4.84. The molecule has 1 heterocycles. The van der Waals surface area contributed by atoms with Crippen LogP contribution in [0.25, 0.3) is 0 Å². The number of aliphatic hydroxyl groups is 1. The molecule has 1 aromatic heterocycles. The molecule has 0 saturated carbocycles. The van der Waals surface area contributed by atoms with E-state index in [-0.39, 0.29) is 6.04 Å². The summed E-state index contributed by atoms with van der Waals surface area (Å²) < 4.78 is 0. The molecule has 2 N–H and O–H groups in total. The Morgan fingerprint density at radius 1 is 1.05 bits per heavy atom. The number of hydrogen-bond donors (Lipinski definition) is 2. The average molecular weight is 256 g/mol. The molecule has 0 radical (unpaired) electrons. The van der Waals surface area contributed by atoms with Gasteiger partial charge in [-0.3, -0.25) is 4.98 Å². The van der Waals surface area contributed by atoms with Crippen molar-refractivity contribution in [3.05, 3.63) is 65.5 Å². The highest BCUT2D eigenvalue weighted by molar-refractivity contribution is 5.23. The fourth-order valence-electron chi connectivity index (χ4n) is 1.96. The Balaban J connectivity index is 1.90. The molecule has 3 nitrogen and oxygen atoms in total. The highest BCUT2D eigenvalue weighted by Crippen LogP contribution is 2.15. The maximum atomic E-state index is 10.1. The summed E-state index contributed by atoms with van der Waals surface area (Å²) in [6.07, 6.45) is 3.08. The molecule has 3 heteroatoms. The summed E-state index contributed by atoms with van der Waals surface area (Å²) in [7, 11) is 0. The van der Waals surface area contributed by atoms with Gasteiger partial charge in [0.05, 0.1) is 6.10 Å². The summed E-state index contributed by atoms with van der Waals surface area (Å²) in [4.78, 5) is 4.00. The first-order chi connectivity index (χ1) is 9.16. The number of benzene rings is 1. The zero-order chi connectivity index (χ0) is 13.7. The van der Waals surface area contributed by atoms with Gasteiger partial charge in [-0.2, -0.15) is 0 Å². The minimum absolute atomic E-state index is 0.197. The van der Waals surface area contributed by atoms with E-state index in [0.29, 0.717) is 6.54 Å². The van der Waals surface area contributed by atoms with Crippen LogP contribution in [0.5, 0.6) is 0 Å². The van der Waals surface area contributed by atoms with E-state index in [2.05, 4.69) is 17.2 Å². The van der Waals surface area contributed by atoms with Crippen molar-refractivity contribution in [2.45, 2.75) is 26.0 Å². The lowest BCUT2D eigenvalue weighted by atomic mass is 10.1. The van der Waals surface area contributed by atoms with Crippen LogP contribution in [-0.2, 0) is 0 Å². The van der Waals surface area contributed by atoms with Crippen LogP contribution in [0.15, 0.2) is 48.8 Å². The van der Waals surface area contributed by atoms with Crippen molar-refractivity contribution in [2.24, 2.45) is 0 Å². The number of rotatable bonds is 5. The molecule has 0 fully saturated rings. The molecule has 0 saturated heterocycles. The van der Waals surface area contributed by atoms with Gasteiger partial charge in [-0.1, -0.05) is 29.8 Å². The van der Waals surface area contributed by atoms with E-state index in [0.717, 1.165) is 5.56 Å². The van der Waals surface area contributed by atoms with E-state index >= 15 is 0 Å². The van der Waals surface area contributed by atoms with Crippen LogP contribution in [-0.4, -0.2) is 16.6 Å². The molecule has 0 amide bonds. The quantitative estimate of drug-likeness (QED) is 0.864. The second kappa shape index (κ2) is 6.45. The van der Waals surface area contributed by atoms with Crippen LogP contribution in [0.4, 0.5) is 0 Å². The average Bonchev–Trinajstić information content (AvgIpc) is 2.46. The van der Waals surface area contributed by atoms with Gasteiger partial charge < -0.3 is 10.4 Å². The number of nitrogens with one attached hydrogen (secondary N) is 1. The van der Waals surface area contributed by atoms with Crippen molar-refractivity contribution in [3.63, 3.8) is 0 Å². The standard InChI is InChI=1S/C16H20N2O/c1-12-3-5-15(6-4-12)16(19)11-18-13(2)14-7-9-17-10-8-14/h3-10,13,16,18-19H,11H2,1-2H3. The highest BCUT2D eigenvalue weighted by atomic mass is 16.3. The Morgan fingerprint density at radius 3 is 2.32 bits per heavy atom. The van der Waals surface area contributed by atoms with E-state index in [1.165, 1.54) is 11.1 Å². The van der Waals surface area contributed by atoms with Crippen molar-refractivity contribution < 1.29 is 5.11 Å². The molecule has 100 valence electrons. The van der Waals surface area contributed by atoms with Gasteiger partial charge in [0.25, 0.3) is 0 Å². The first-order valence-electron chi connectivity index (χ1n) is 6.55. The summed E-state index contributed by atoms with van der Waals surface area (Å²) in [6.45, 7) is 4.66. The molecule has 19 heavy (non-hydrogen) atoms. The molecule has 2 unspecified atom stereocenters. The summed E-state index contributed by atoms with van der Waals surface area (Å²) in [5.74, 6) is 0. The van der Waals surface area contributed by atoms with Crippen LogP contribution < -0.4 is 5.32 Å². The van der Waals surface area contributed by atoms with Gasteiger partial charge in [0.2, 0.25) is 0 Å². The maximum Gasteiger partial charge on any atom is 0.0914 e. The Morgan fingerprint density at radius 2 is 1.68 bits per heavy atom. The molecule has 2 aromatic rings. The van der Waals surface area contributed by atoms with Crippen LogP contribution >= 0.6 is 0 Å². The molecule has 2 atom stereocenters. The number of hydrogen-bond acceptors (Lipinski definition) is 3. The fourth-order valence-corrected chi connectivity index (χ4v) is 1.96. The van der Waals surface area contributed by atoms with Crippen molar-refractivity contribution >= 4 is 0 Å².